The maximum Gasteiger partial charge on any atom is 0.0165 e. The molecule has 3 nitrogen and oxygen atoms in total. The summed E-state index contributed by atoms with van der Waals surface area (Å²) in [5.41, 5.74) is 1.44. The van der Waals surface area contributed by atoms with E-state index < -0.39 is 0 Å². The first kappa shape index (κ1) is 17.0. The molecule has 2 saturated heterocycles. The van der Waals surface area contributed by atoms with Crippen molar-refractivity contribution in [1.82, 2.24) is 15.1 Å². The second kappa shape index (κ2) is 8.92. The van der Waals surface area contributed by atoms with E-state index in [1.54, 1.807) is 0 Å². The van der Waals surface area contributed by atoms with Gasteiger partial charge in [0.2, 0.25) is 0 Å². The highest BCUT2D eigenvalue weighted by atomic mass is 15.1. The van der Waals surface area contributed by atoms with Crippen LogP contribution in [0.4, 0.5) is 0 Å². The molecule has 2 heterocycles. The Morgan fingerprint density at radius 1 is 1.00 bits per heavy atom. The number of nitrogens with one attached hydrogen (secondary N) is 1. The molecule has 0 aromatic heterocycles. The van der Waals surface area contributed by atoms with Crippen LogP contribution in [0.25, 0.3) is 0 Å². The molecule has 21 heavy (non-hydrogen) atoms. The van der Waals surface area contributed by atoms with Crippen molar-refractivity contribution in [3.8, 4) is 0 Å². The van der Waals surface area contributed by atoms with E-state index in [-0.39, 0.29) is 0 Å². The predicted molar refractivity (Wildman–Crippen MR) is 91.7 cm³/mol. The third-order valence-corrected chi connectivity index (χ3v) is 5.19. The number of allylic oxidation sites excluding steroid dienone is 1. The van der Waals surface area contributed by atoms with Crippen LogP contribution >= 0.6 is 0 Å². The summed E-state index contributed by atoms with van der Waals surface area (Å²) in [6.45, 7) is 15.4. The lowest BCUT2D eigenvalue weighted by molar-refractivity contribution is 0.175. The Balaban J connectivity index is 1.58. The minimum Gasteiger partial charge on any atom is -0.314 e. The van der Waals surface area contributed by atoms with Gasteiger partial charge in [0.15, 0.2) is 0 Å². The van der Waals surface area contributed by atoms with Crippen molar-refractivity contribution >= 4 is 0 Å². The molecule has 0 atom stereocenters. The highest BCUT2D eigenvalue weighted by Gasteiger charge is 2.21. The molecule has 0 aliphatic carbocycles. The van der Waals surface area contributed by atoms with E-state index in [4.69, 9.17) is 0 Å². The van der Waals surface area contributed by atoms with Gasteiger partial charge in [-0.2, -0.15) is 0 Å². The molecule has 2 aliphatic heterocycles. The number of likely N-dealkylation sites (tertiary alicyclic amines) is 2. The minimum atomic E-state index is 0.761. The van der Waals surface area contributed by atoms with Crippen LogP contribution in [0.15, 0.2) is 11.6 Å². The van der Waals surface area contributed by atoms with Crippen molar-refractivity contribution in [1.29, 1.82) is 0 Å². The van der Waals surface area contributed by atoms with Crippen molar-refractivity contribution in [3.05, 3.63) is 11.6 Å². The van der Waals surface area contributed by atoms with Gasteiger partial charge in [-0.05, 0) is 84.7 Å². The van der Waals surface area contributed by atoms with Crippen LogP contribution in [0, 0.1) is 5.92 Å². The monoisotopic (exact) mass is 293 g/mol. The Morgan fingerprint density at radius 2 is 1.62 bits per heavy atom. The van der Waals surface area contributed by atoms with Crippen molar-refractivity contribution in [3.63, 3.8) is 0 Å². The summed E-state index contributed by atoms with van der Waals surface area (Å²) in [5, 5.41) is 3.85. The quantitative estimate of drug-likeness (QED) is 0.760. The lowest BCUT2D eigenvalue weighted by atomic mass is 9.95. The molecule has 2 rings (SSSR count). The number of nitrogens with zero attached hydrogens (tertiary/aromatic N) is 2. The van der Waals surface area contributed by atoms with Gasteiger partial charge in [-0.1, -0.05) is 18.6 Å². The normalized spacial score (nSPS) is 23.4. The molecule has 0 spiro atoms. The molecule has 2 fully saturated rings. The molecule has 0 radical (unpaired) electrons. The van der Waals surface area contributed by atoms with Gasteiger partial charge in [0.25, 0.3) is 0 Å². The SMILES string of the molecule is CCN1CCC(CNC2CCN(CC=C(C)C)CC2)CC1. The molecule has 1 N–H and O–H groups in total. The second-order valence-corrected chi connectivity index (χ2v) is 7.14. The Kier molecular flexibility index (Phi) is 7.21. The fourth-order valence-electron chi connectivity index (χ4n) is 3.47. The lowest BCUT2D eigenvalue weighted by Gasteiger charge is -2.35. The van der Waals surface area contributed by atoms with Gasteiger partial charge in [0.05, 0.1) is 0 Å². The summed E-state index contributed by atoms with van der Waals surface area (Å²) in [5.74, 6) is 0.913. The molecule has 0 bridgehead atoms. The molecule has 0 aromatic rings. The van der Waals surface area contributed by atoms with Crippen molar-refractivity contribution in [2.75, 3.05) is 45.8 Å². The zero-order chi connectivity index (χ0) is 15.1. The number of rotatable bonds is 6. The van der Waals surface area contributed by atoms with Crippen molar-refractivity contribution in [2.24, 2.45) is 5.92 Å². The summed E-state index contributed by atoms with van der Waals surface area (Å²) in [6, 6.07) is 0.761. The van der Waals surface area contributed by atoms with E-state index in [0.29, 0.717) is 0 Å². The predicted octanol–water partition coefficient (Wildman–Crippen LogP) is 2.74. The molecule has 3 heteroatoms. The van der Waals surface area contributed by atoms with E-state index in [1.807, 2.05) is 0 Å². The Morgan fingerprint density at radius 3 is 2.19 bits per heavy atom. The molecular weight excluding hydrogens is 258 g/mol. The van der Waals surface area contributed by atoms with E-state index in [9.17, 15) is 0 Å². The summed E-state index contributed by atoms with van der Waals surface area (Å²) < 4.78 is 0. The zero-order valence-corrected chi connectivity index (χ0v) is 14.4. The highest BCUT2D eigenvalue weighted by Crippen LogP contribution is 2.17. The molecule has 0 saturated carbocycles. The number of hydrogen-bond acceptors (Lipinski definition) is 3. The molecule has 0 unspecified atom stereocenters. The van der Waals surface area contributed by atoms with E-state index >= 15 is 0 Å². The Labute approximate surface area is 131 Å². The number of piperidine rings is 2. The van der Waals surface area contributed by atoms with Crippen molar-refractivity contribution < 1.29 is 0 Å². The first-order valence-corrected chi connectivity index (χ1v) is 8.98. The van der Waals surface area contributed by atoms with E-state index in [2.05, 4.69) is 42.0 Å². The van der Waals surface area contributed by atoms with Gasteiger partial charge in [-0.15, -0.1) is 0 Å². The van der Waals surface area contributed by atoms with Gasteiger partial charge in [-0.3, -0.25) is 4.90 Å². The number of hydrogen-bond donors (Lipinski definition) is 1. The molecule has 2 aliphatic rings. The maximum atomic E-state index is 3.85. The Bertz CT molecular complexity index is 306. The van der Waals surface area contributed by atoms with Crippen LogP contribution in [0.5, 0.6) is 0 Å². The average Bonchev–Trinajstić information content (AvgIpc) is 2.52. The van der Waals surface area contributed by atoms with Gasteiger partial charge in [0.1, 0.15) is 0 Å². The van der Waals surface area contributed by atoms with Crippen LogP contribution in [-0.2, 0) is 0 Å². The van der Waals surface area contributed by atoms with Crippen LogP contribution in [0.3, 0.4) is 0 Å². The summed E-state index contributed by atoms with van der Waals surface area (Å²) >= 11 is 0. The molecule has 0 aromatic carbocycles. The summed E-state index contributed by atoms with van der Waals surface area (Å²) in [6.07, 6.45) is 7.78. The van der Waals surface area contributed by atoms with E-state index in [0.717, 1.165) is 18.5 Å². The topological polar surface area (TPSA) is 18.5 Å². The first-order chi connectivity index (χ1) is 10.2. The van der Waals surface area contributed by atoms with Crippen LogP contribution in [0.1, 0.15) is 46.5 Å². The van der Waals surface area contributed by atoms with Crippen molar-refractivity contribution in [2.45, 2.75) is 52.5 Å². The Hall–Kier alpha value is -0.380. The molecule has 0 amide bonds. The minimum absolute atomic E-state index is 0.761. The van der Waals surface area contributed by atoms with Crippen LogP contribution < -0.4 is 5.32 Å². The summed E-state index contributed by atoms with van der Waals surface area (Å²) in [7, 11) is 0. The third kappa shape index (κ3) is 6.09. The van der Waals surface area contributed by atoms with Gasteiger partial charge in [-0.25, -0.2) is 0 Å². The second-order valence-electron chi connectivity index (χ2n) is 7.14. The third-order valence-electron chi connectivity index (χ3n) is 5.19. The molecule has 122 valence electrons. The maximum absolute atomic E-state index is 3.85. The van der Waals surface area contributed by atoms with Gasteiger partial charge in [0, 0.05) is 12.6 Å². The van der Waals surface area contributed by atoms with Crippen LogP contribution in [0.2, 0.25) is 0 Å². The summed E-state index contributed by atoms with van der Waals surface area (Å²) in [4.78, 5) is 5.17. The lowest BCUT2D eigenvalue weighted by Crippen LogP contribution is -2.45. The fraction of sp³-hybridized carbons (Fsp3) is 0.889. The van der Waals surface area contributed by atoms with Crippen LogP contribution in [-0.4, -0.2) is 61.7 Å². The highest BCUT2D eigenvalue weighted by molar-refractivity contribution is 4.95. The average molecular weight is 293 g/mol. The molecular formula is C18H35N3. The fourth-order valence-corrected chi connectivity index (χ4v) is 3.47. The van der Waals surface area contributed by atoms with E-state index in [1.165, 1.54) is 70.5 Å². The first-order valence-electron chi connectivity index (χ1n) is 8.98. The standard InChI is InChI=1S/C18H35N3/c1-4-20-11-6-17(7-12-20)15-19-18-8-13-21(14-9-18)10-5-16(2)3/h5,17-19H,4,6-15H2,1-3H3. The zero-order valence-electron chi connectivity index (χ0n) is 14.4. The smallest absolute Gasteiger partial charge is 0.0165 e. The largest absolute Gasteiger partial charge is 0.314 e. The van der Waals surface area contributed by atoms with Gasteiger partial charge < -0.3 is 10.2 Å². The van der Waals surface area contributed by atoms with Gasteiger partial charge >= 0.3 is 0 Å².